The number of rotatable bonds is 4. The molecule has 1 heterocycles. The molecule has 1 aliphatic rings. The first-order valence-electron chi connectivity index (χ1n) is 11.4. The van der Waals surface area contributed by atoms with E-state index < -0.39 is 23.4 Å². The summed E-state index contributed by atoms with van der Waals surface area (Å²) in [6.45, 7) is 5.28. The number of benzene rings is 4. The smallest absolute Gasteiger partial charge is 0.335 e. The highest BCUT2D eigenvalue weighted by atomic mass is 16.4. The fourth-order valence-corrected chi connectivity index (χ4v) is 4.41. The number of carbonyl (C=O) groups is 2. The van der Waals surface area contributed by atoms with Crippen LogP contribution in [0.15, 0.2) is 60.7 Å². The highest BCUT2D eigenvalue weighted by Gasteiger charge is 2.16. The number of hydrogen-bond acceptors (Lipinski definition) is 4. The minimum atomic E-state index is -1.35. The fraction of sp³-hybridized carbons (Fsp3) is 0.185. The molecule has 1 aliphatic heterocycles. The van der Waals surface area contributed by atoms with E-state index >= 15 is 0 Å². The SMILES string of the molecule is C1C[NH2+]CC[NH2+]1.O.O.O.O=C(O)c1cc2ccccc2c(Cc2c([O-])c(C(=O)O)cc3ccccc23)c1[O-]. The summed E-state index contributed by atoms with van der Waals surface area (Å²) in [5.41, 5.74) is -0.453. The molecule has 11 heteroatoms. The third kappa shape index (κ3) is 6.54. The average Bonchev–Trinajstić information content (AvgIpc) is 2.87. The molecule has 11 nitrogen and oxygen atoms in total. The van der Waals surface area contributed by atoms with Crippen molar-refractivity contribution in [3.8, 4) is 11.5 Å². The largest absolute Gasteiger partial charge is 0.872 e. The van der Waals surface area contributed by atoms with Crippen LogP contribution in [0.5, 0.6) is 11.5 Å². The number of aromatic carboxylic acids is 2. The van der Waals surface area contributed by atoms with Crippen LogP contribution in [0, 0.1) is 0 Å². The van der Waals surface area contributed by atoms with Crippen LogP contribution < -0.4 is 20.8 Å². The topological polar surface area (TPSA) is 248 Å². The van der Waals surface area contributed by atoms with Crippen molar-refractivity contribution in [1.82, 2.24) is 0 Å². The molecular formula is C27H32N2O9. The maximum Gasteiger partial charge on any atom is 0.335 e. The average molecular weight is 529 g/mol. The highest BCUT2D eigenvalue weighted by Crippen LogP contribution is 2.36. The Morgan fingerprint density at radius 2 is 1.00 bits per heavy atom. The molecule has 5 rings (SSSR count). The van der Waals surface area contributed by atoms with E-state index in [0.29, 0.717) is 21.5 Å². The Bertz CT molecular complexity index is 1310. The number of carboxylic acids is 2. The van der Waals surface area contributed by atoms with Crippen molar-refractivity contribution in [2.24, 2.45) is 0 Å². The molecule has 0 aliphatic carbocycles. The van der Waals surface area contributed by atoms with Gasteiger partial charge in [-0.25, -0.2) is 9.59 Å². The summed E-state index contributed by atoms with van der Waals surface area (Å²) < 4.78 is 0. The van der Waals surface area contributed by atoms with Gasteiger partial charge < -0.3 is 47.5 Å². The second-order valence-corrected chi connectivity index (χ2v) is 8.43. The molecule has 4 aromatic carbocycles. The molecular weight excluding hydrogens is 496 g/mol. The van der Waals surface area contributed by atoms with Gasteiger partial charge in [0.2, 0.25) is 0 Å². The number of nitrogens with two attached hydrogens (primary N) is 2. The van der Waals surface area contributed by atoms with Crippen LogP contribution in [0.25, 0.3) is 21.5 Å². The molecule has 12 N–H and O–H groups in total. The van der Waals surface area contributed by atoms with Crippen LogP contribution >= 0.6 is 0 Å². The number of hydrogen-bond donors (Lipinski definition) is 4. The summed E-state index contributed by atoms with van der Waals surface area (Å²) in [6.07, 6.45) is -0.166. The van der Waals surface area contributed by atoms with Crippen LogP contribution in [0.3, 0.4) is 0 Å². The molecule has 0 atom stereocenters. The molecule has 1 saturated heterocycles. The molecule has 4 aromatic rings. The van der Waals surface area contributed by atoms with Gasteiger partial charge in [0.25, 0.3) is 0 Å². The van der Waals surface area contributed by atoms with Crippen molar-refractivity contribution in [3.05, 3.63) is 82.9 Å². The molecule has 0 bridgehead atoms. The Hall–Kier alpha value is -4.26. The number of carboxylic acid groups (broad SMARTS) is 2. The molecule has 0 spiro atoms. The van der Waals surface area contributed by atoms with Crippen molar-refractivity contribution < 1.29 is 57.1 Å². The van der Waals surface area contributed by atoms with Gasteiger partial charge in [0.1, 0.15) is 26.2 Å². The lowest BCUT2D eigenvalue weighted by Crippen LogP contribution is -3.04. The first-order valence-corrected chi connectivity index (χ1v) is 11.4. The lowest BCUT2D eigenvalue weighted by Gasteiger charge is -2.24. The lowest BCUT2D eigenvalue weighted by molar-refractivity contribution is -0.787. The zero-order valence-electron chi connectivity index (χ0n) is 20.5. The first-order chi connectivity index (χ1) is 16.9. The van der Waals surface area contributed by atoms with Crippen LogP contribution in [0.1, 0.15) is 31.8 Å². The number of fused-ring (bicyclic) bond motifs is 2. The highest BCUT2D eigenvalue weighted by molar-refractivity contribution is 6.02. The summed E-state index contributed by atoms with van der Waals surface area (Å²) in [5.74, 6) is -4.07. The Labute approximate surface area is 217 Å². The lowest BCUT2D eigenvalue weighted by atomic mass is 9.90. The van der Waals surface area contributed by atoms with Crippen molar-refractivity contribution in [2.45, 2.75) is 6.42 Å². The molecule has 0 amide bonds. The Balaban J connectivity index is 0.000000711. The van der Waals surface area contributed by atoms with Crippen molar-refractivity contribution in [1.29, 1.82) is 0 Å². The summed E-state index contributed by atoms with van der Waals surface area (Å²) in [5, 5.41) is 51.5. The fourth-order valence-electron chi connectivity index (χ4n) is 4.41. The predicted molar refractivity (Wildman–Crippen MR) is 138 cm³/mol. The second kappa shape index (κ2) is 13.9. The van der Waals surface area contributed by atoms with E-state index in [9.17, 15) is 30.0 Å². The number of piperazine rings is 1. The van der Waals surface area contributed by atoms with Gasteiger partial charge in [-0.05, 0) is 51.2 Å². The number of quaternary nitrogens is 2. The van der Waals surface area contributed by atoms with Gasteiger partial charge >= 0.3 is 11.9 Å². The maximum atomic E-state index is 12.9. The van der Waals surface area contributed by atoms with Crippen molar-refractivity contribution >= 4 is 33.5 Å². The van der Waals surface area contributed by atoms with Gasteiger partial charge in [0.05, 0.1) is 11.1 Å². The van der Waals surface area contributed by atoms with Crippen molar-refractivity contribution in [3.63, 3.8) is 0 Å². The standard InChI is InChI=1S/C23H16O6.C4H10N2.3H2O/c24-20-16(14-7-3-1-5-12(14)9-18(20)22(26)27)11-17-15-8-4-2-6-13(15)10-19(21(17)25)23(28)29;1-2-6-4-3-5-1;;;/h1-10,24-25H,11H2,(H,26,27)(H,28,29);5-6H,1-4H2;3*1H2. The van der Waals surface area contributed by atoms with E-state index in [4.69, 9.17) is 0 Å². The molecule has 0 unspecified atom stereocenters. The predicted octanol–water partition coefficient (Wildman–Crippen LogP) is -2.22. The molecule has 0 aromatic heterocycles. The third-order valence-electron chi connectivity index (χ3n) is 6.17. The summed E-state index contributed by atoms with van der Waals surface area (Å²) >= 11 is 0. The van der Waals surface area contributed by atoms with E-state index in [1.54, 1.807) is 48.5 Å². The Morgan fingerprint density at radius 1 is 0.658 bits per heavy atom. The van der Waals surface area contributed by atoms with E-state index in [0.717, 1.165) is 0 Å². The first kappa shape index (κ1) is 31.8. The Kier molecular flexibility index (Phi) is 11.6. The van der Waals surface area contributed by atoms with Gasteiger partial charge in [0, 0.05) is 0 Å². The zero-order chi connectivity index (χ0) is 24.9. The second-order valence-electron chi connectivity index (χ2n) is 8.43. The Morgan fingerprint density at radius 3 is 1.32 bits per heavy atom. The van der Waals surface area contributed by atoms with Gasteiger partial charge in [-0.3, -0.25) is 0 Å². The van der Waals surface area contributed by atoms with E-state index in [1.807, 2.05) is 0 Å². The zero-order valence-corrected chi connectivity index (χ0v) is 20.5. The molecule has 204 valence electrons. The molecule has 38 heavy (non-hydrogen) atoms. The summed E-state index contributed by atoms with van der Waals surface area (Å²) in [4.78, 5) is 23.1. The monoisotopic (exact) mass is 528 g/mol. The van der Waals surface area contributed by atoms with E-state index in [2.05, 4.69) is 10.6 Å². The molecule has 0 radical (unpaired) electrons. The third-order valence-corrected chi connectivity index (χ3v) is 6.17. The van der Waals surface area contributed by atoms with Crippen LogP contribution in [-0.4, -0.2) is 64.8 Å². The van der Waals surface area contributed by atoms with Gasteiger partial charge in [-0.2, -0.15) is 0 Å². The van der Waals surface area contributed by atoms with Crippen molar-refractivity contribution in [2.75, 3.05) is 26.2 Å². The summed E-state index contributed by atoms with van der Waals surface area (Å²) in [7, 11) is 0. The van der Waals surface area contributed by atoms with Crippen LogP contribution in [-0.2, 0) is 6.42 Å². The maximum absolute atomic E-state index is 12.9. The van der Waals surface area contributed by atoms with Crippen LogP contribution in [0.4, 0.5) is 0 Å². The van der Waals surface area contributed by atoms with Gasteiger partial charge in [0.15, 0.2) is 0 Å². The quantitative estimate of drug-likeness (QED) is 0.228. The van der Waals surface area contributed by atoms with Gasteiger partial charge in [-0.15, -0.1) is 0 Å². The molecule has 1 fully saturated rings. The van der Waals surface area contributed by atoms with E-state index in [-0.39, 0.29) is 45.1 Å². The minimum absolute atomic E-state index is 0. The molecule has 0 saturated carbocycles. The normalized spacial score (nSPS) is 12.2. The summed E-state index contributed by atoms with van der Waals surface area (Å²) in [6, 6.07) is 16.3. The van der Waals surface area contributed by atoms with E-state index in [1.165, 1.54) is 38.3 Å². The minimum Gasteiger partial charge on any atom is -0.872 e. The van der Waals surface area contributed by atoms with Gasteiger partial charge in [-0.1, -0.05) is 60.0 Å². The van der Waals surface area contributed by atoms with Crippen LogP contribution in [0.2, 0.25) is 0 Å².